The number of nitrogens with zero attached hydrogens (tertiary/aromatic N) is 3. The van der Waals surface area contributed by atoms with Crippen LogP contribution in [0.5, 0.6) is 0 Å². The maximum absolute atomic E-state index is 11.7. The van der Waals surface area contributed by atoms with Crippen LogP contribution in [0.2, 0.25) is 0 Å². The van der Waals surface area contributed by atoms with E-state index in [1.54, 1.807) is 24.7 Å². The van der Waals surface area contributed by atoms with Crippen molar-refractivity contribution in [1.82, 2.24) is 19.7 Å². The molecule has 0 aromatic carbocycles. The van der Waals surface area contributed by atoms with Gasteiger partial charge in [0.05, 0.1) is 11.1 Å². The number of hydrogen-bond donors (Lipinski definition) is 3. The van der Waals surface area contributed by atoms with Crippen LogP contribution in [0, 0.1) is 5.92 Å². The van der Waals surface area contributed by atoms with E-state index in [2.05, 4.69) is 27.5 Å². The number of hydrogen-bond acceptors (Lipinski definition) is 5. The van der Waals surface area contributed by atoms with Crippen molar-refractivity contribution in [2.45, 2.75) is 25.8 Å². The minimum atomic E-state index is -0.520. The first-order chi connectivity index (χ1) is 12.6. The number of imidazole rings is 1. The number of anilines is 1. The SMILES string of the molecule is CC[C@@H]1CC(=O)N[C@@H]1CNc1nccc2cc(C(N)=O)c3nccn3c12. The zero-order chi connectivity index (χ0) is 18.3. The van der Waals surface area contributed by atoms with Crippen LogP contribution in [0.25, 0.3) is 16.6 Å². The summed E-state index contributed by atoms with van der Waals surface area (Å²) in [6.45, 7) is 2.68. The minimum absolute atomic E-state index is 0.0766. The van der Waals surface area contributed by atoms with Gasteiger partial charge in [0.25, 0.3) is 5.91 Å². The van der Waals surface area contributed by atoms with Gasteiger partial charge in [0.2, 0.25) is 5.91 Å². The molecule has 26 heavy (non-hydrogen) atoms. The molecule has 0 saturated carbocycles. The number of aromatic nitrogens is 3. The van der Waals surface area contributed by atoms with Crippen molar-refractivity contribution in [2.75, 3.05) is 11.9 Å². The predicted molar refractivity (Wildman–Crippen MR) is 97.8 cm³/mol. The second kappa shape index (κ2) is 6.29. The molecule has 0 spiro atoms. The highest BCUT2D eigenvalue weighted by Gasteiger charge is 2.30. The van der Waals surface area contributed by atoms with Crippen LogP contribution < -0.4 is 16.4 Å². The Morgan fingerprint density at radius 2 is 2.27 bits per heavy atom. The Hall–Kier alpha value is -3.16. The number of rotatable bonds is 5. The molecule has 1 aliphatic rings. The Morgan fingerprint density at radius 3 is 3.04 bits per heavy atom. The van der Waals surface area contributed by atoms with Gasteiger partial charge in [-0.15, -0.1) is 0 Å². The molecule has 4 N–H and O–H groups in total. The molecular weight excluding hydrogens is 332 g/mol. The van der Waals surface area contributed by atoms with Crippen LogP contribution in [-0.2, 0) is 4.79 Å². The first kappa shape index (κ1) is 16.3. The third kappa shape index (κ3) is 2.63. The number of primary amides is 1. The molecule has 8 nitrogen and oxygen atoms in total. The van der Waals surface area contributed by atoms with Gasteiger partial charge in [-0.1, -0.05) is 13.3 Å². The minimum Gasteiger partial charge on any atom is -0.366 e. The Kier molecular flexibility index (Phi) is 3.95. The molecule has 0 aliphatic carbocycles. The lowest BCUT2D eigenvalue weighted by atomic mass is 9.98. The summed E-state index contributed by atoms with van der Waals surface area (Å²) < 4.78 is 1.81. The highest BCUT2D eigenvalue weighted by atomic mass is 16.2. The summed E-state index contributed by atoms with van der Waals surface area (Å²) in [6.07, 6.45) is 6.61. The van der Waals surface area contributed by atoms with Crippen LogP contribution in [0.4, 0.5) is 5.82 Å². The molecule has 2 atom stereocenters. The molecule has 1 aliphatic heterocycles. The number of amides is 2. The number of nitrogens with two attached hydrogens (primary N) is 1. The number of pyridine rings is 2. The topological polar surface area (TPSA) is 114 Å². The summed E-state index contributed by atoms with van der Waals surface area (Å²) in [5, 5.41) is 7.21. The van der Waals surface area contributed by atoms with Crippen LogP contribution in [-0.4, -0.2) is 38.8 Å². The average Bonchev–Trinajstić information content (AvgIpc) is 3.25. The molecule has 0 unspecified atom stereocenters. The Bertz CT molecular complexity index is 1010. The fourth-order valence-corrected chi connectivity index (χ4v) is 3.67. The van der Waals surface area contributed by atoms with Gasteiger partial charge in [-0.3, -0.25) is 14.0 Å². The van der Waals surface area contributed by atoms with E-state index >= 15 is 0 Å². The molecule has 1 fully saturated rings. The summed E-state index contributed by atoms with van der Waals surface area (Å²) >= 11 is 0. The van der Waals surface area contributed by atoms with Crippen molar-refractivity contribution in [3.63, 3.8) is 0 Å². The number of carbonyl (C=O) groups is 2. The number of fused-ring (bicyclic) bond motifs is 3. The number of nitrogens with one attached hydrogen (secondary N) is 2. The van der Waals surface area contributed by atoms with Crippen molar-refractivity contribution in [3.05, 3.63) is 36.3 Å². The molecule has 1 saturated heterocycles. The van der Waals surface area contributed by atoms with Gasteiger partial charge in [0.15, 0.2) is 5.82 Å². The molecule has 4 heterocycles. The predicted octanol–water partition coefficient (Wildman–Crippen LogP) is 1.31. The quantitative estimate of drug-likeness (QED) is 0.640. The molecule has 4 rings (SSSR count). The van der Waals surface area contributed by atoms with E-state index in [1.807, 2.05) is 10.5 Å². The van der Waals surface area contributed by atoms with Crippen LogP contribution in [0.15, 0.2) is 30.7 Å². The highest BCUT2D eigenvalue weighted by molar-refractivity contribution is 6.04. The lowest BCUT2D eigenvalue weighted by Gasteiger charge is -2.19. The van der Waals surface area contributed by atoms with Gasteiger partial charge >= 0.3 is 0 Å². The lowest BCUT2D eigenvalue weighted by Crippen LogP contribution is -2.35. The van der Waals surface area contributed by atoms with Crippen molar-refractivity contribution in [1.29, 1.82) is 0 Å². The summed E-state index contributed by atoms with van der Waals surface area (Å²) in [7, 11) is 0. The average molecular weight is 352 g/mol. The first-order valence-corrected chi connectivity index (χ1v) is 8.66. The fraction of sp³-hybridized carbons (Fsp3) is 0.333. The molecule has 3 aromatic rings. The van der Waals surface area contributed by atoms with Crippen molar-refractivity contribution >= 4 is 34.2 Å². The standard InChI is InChI=1S/C18H20N6O2/c1-2-10-8-14(25)23-13(10)9-22-17-15-11(3-4-20-17)7-12(16(19)26)18-21-5-6-24(15)18/h3-7,10,13H,2,8-9H2,1H3,(H2,19,26)(H,20,22)(H,23,25)/t10-,13-/m1/s1. The fourth-order valence-electron chi connectivity index (χ4n) is 3.67. The van der Waals surface area contributed by atoms with Gasteiger partial charge in [-0.25, -0.2) is 9.97 Å². The summed E-state index contributed by atoms with van der Waals surface area (Å²) in [5.41, 5.74) is 7.18. The highest BCUT2D eigenvalue weighted by Crippen LogP contribution is 2.26. The molecule has 2 amide bonds. The van der Waals surface area contributed by atoms with E-state index in [0.29, 0.717) is 35.9 Å². The van der Waals surface area contributed by atoms with E-state index < -0.39 is 5.91 Å². The summed E-state index contributed by atoms with van der Waals surface area (Å²) in [5.74, 6) is 0.573. The van der Waals surface area contributed by atoms with Crippen molar-refractivity contribution < 1.29 is 9.59 Å². The lowest BCUT2D eigenvalue weighted by molar-refractivity contribution is -0.119. The summed E-state index contributed by atoms with van der Waals surface area (Å²) in [4.78, 5) is 32.1. The molecule has 134 valence electrons. The van der Waals surface area contributed by atoms with Crippen molar-refractivity contribution in [3.8, 4) is 0 Å². The maximum atomic E-state index is 11.7. The van der Waals surface area contributed by atoms with Crippen LogP contribution in [0.1, 0.15) is 30.1 Å². The molecule has 0 bridgehead atoms. The van der Waals surface area contributed by atoms with E-state index in [9.17, 15) is 9.59 Å². The molecule has 8 heteroatoms. The van der Waals surface area contributed by atoms with E-state index in [1.165, 1.54) is 0 Å². The second-order valence-corrected chi connectivity index (χ2v) is 6.57. The third-order valence-corrected chi connectivity index (χ3v) is 5.02. The zero-order valence-corrected chi connectivity index (χ0v) is 14.4. The van der Waals surface area contributed by atoms with Gasteiger partial charge in [-0.05, 0) is 18.1 Å². The summed E-state index contributed by atoms with van der Waals surface area (Å²) in [6, 6.07) is 3.64. The van der Waals surface area contributed by atoms with E-state index in [-0.39, 0.29) is 11.9 Å². The largest absolute Gasteiger partial charge is 0.366 e. The van der Waals surface area contributed by atoms with Gasteiger partial charge < -0.3 is 16.4 Å². The number of carbonyl (C=O) groups excluding carboxylic acids is 2. The van der Waals surface area contributed by atoms with Gasteiger partial charge in [0.1, 0.15) is 5.65 Å². The Balaban J connectivity index is 1.73. The molecule has 3 aromatic heterocycles. The zero-order valence-electron chi connectivity index (χ0n) is 14.4. The molecular formula is C18H20N6O2. The van der Waals surface area contributed by atoms with Crippen molar-refractivity contribution in [2.24, 2.45) is 11.7 Å². The molecule has 0 radical (unpaired) electrons. The van der Waals surface area contributed by atoms with Crippen LogP contribution in [0.3, 0.4) is 0 Å². The van der Waals surface area contributed by atoms with Gasteiger partial charge in [0, 0.05) is 43.0 Å². The van der Waals surface area contributed by atoms with Crippen LogP contribution >= 0.6 is 0 Å². The monoisotopic (exact) mass is 352 g/mol. The van der Waals surface area contributed by atoms with Gasteiger partial charge in [-0.2, -0.15) is 0 Å². The smallest absolute Gasteiger partial charge is 0.252 e. The Morgan fingerprint density at radius 1 is 1.42 bits per heavy atom. The van der Waals surface area contributed by atoms with E-state index in [4.69, 9.17) is 5.73 Å². The Labute approximate surface area is 149 Å². The third-order valence-electron chi connectivity index (χ3n) is 5.02. The normalized spacial score (nSPS) is 19.8. The first-order valence-electron chi connectivity index (χ1n) is 8.66. The van der Waals surface area contributed by atoms with E-state index in [0.717, 1.165) is 17.3 Å². The second-order valence-electron chi connectivity index (χ2n) is 6.57. The maximum Gasteiger partial charge on any atom is 0.252 e.